The summed E-state index contributed by atoms with van der Waals surface area (Å²) in [6, 6.07) is 1.94. The van der Waals surface area contributed by atoms with Gasteiger partial charge in [0.15, 0.2) is 18.9 Å². The van der Waals surface area contributed by atoms with Crippen molar-refractivity contribution in [2.45, 2.75) is 49.3 Å². The summed E-state index contributed by atoms with van der Waals surface area (Å²) in [6.07, 6.45) is 5.41. The Bertz CT molecular complexity index is 1000. The third-order valence-corrected chi connectivity index (χ3v) is 8.09. The number of nitrogens with zero attached hydrogens (tertiary/aromatic N) is 1. The van der Waals surface area contributed by atoms with Gasteiger partial charge in [0.1, 0.15) is 12.2 Å². The number of likely N-dealkylation sites (tertiary alicyclic amines) is 1. The molecule has 2 heterocycles. The zero-order valence-electron chi connectivity index (χ0n) is 17.5. The average Bonchev–Trinajstić information content (AvgIpc) is 3.00. The second-order valence-corrected chi connectivity index (χ2v) is 12.2. The van der Waals surface area contributed by atoms with Gasteiger partial charge in [0.05, 0.1) is 0 Å². The van der Waals surface area contributed by atoms with E-state index in [1.807, 2.05) is 6.08 Å². The first-order valence-corrected chi connectivity index (χ1v) is 13.0. The highest BCUT2D eigenvalue weighted by Gasteiger charge is 2.65. The molecule has 30 heavy (non-hydrogen) atoms. The fourth-order valence-electron chi connectivity index (χ4n) is 6.23. The summed E-state index contributed by atoms with van der Waals surface area (Å²) >= 11 is 0. The van der Waals surface area contributed by atoms with Crippen LogP contribution in [0.4, 0.5) is 0 Å². The minimum Gasteiger partial charge on any atom is -0.504 e. The summed E-state index contributed by atoms with van der Waals surface area (Å²) in [5.74, 6) is -0.0846. The van der Waals surface area contributed by atoms with Crippen molar-refractivity contribution in [1.29, 1.82) is 0 Å². The van der Waals surface area contributed by atoms with Crippen molar-refractivity contribution >= 4 is 13.3 Å². The maximum absolute atomic E-state index is 12.5. The van der Waals surface area contributed by atoms with Crippen molar-refractivity contribution in [3.05, 3.63) is 34.9 Å². The fraction of sp³-hybridized carbons (Fsp3) is 0.591. The maximum Gasteiger partial charge on any atom is 0.303 e. The van der Waals surface area contributed by atoms with E-state index in [4.69, 9.17) is 9.26 Å². The number of carboxylic acid groups (broad SMARTS) is 1. The zero-order valence-corrected chi connectivity index (χ0v) is 18.4. The standard InChI is InChI=1S/C22H28NO6P/c1-23-9-8-22-14-5-6-17(29-30(2,3)27)21(22)28-20-16(24)10-12(4-7-18(25)26)13(19(20)22)11-15(14)23/h5-6,10,14-15,17,21,24H,4,7-9,11H2,1-3H3,(H,25,26)/t14?,15-,17+,21+,22+/m1/s1. The highest BCUT2D eigenvalue weighted by atomic mass is 31.2. The number of piperidine rings is 1. The SMILES string of the molecule is CN1CC[C@]23c4c5c(CCC(=O)O)cc(O)c4O[C@H]2[C@@H](OP(C)(C)=O)C=CC3[C@H]1C5. The van der Waals surface area contributed by atoms with Crippen LogP contribution in [0.1, 0.15) is 29.5 Å². The summed E-state index contributed by atoms with van der Waals surface area (Å²) in [4.78, 5) is 13.6. The number of carboxylic acids is 1. The van der Waals surface area contributed by atoms with E-state index in [-0.39, 0.29) is 35.6 Å². The zero-order chi connectivity index (χ0) is 21.4. The van der Waals surface area contributed by atoms with E-state index in [1.54, 1.807) is 19.4 Å². The Morgan fingerprint density at radius 1 is 1.40 bits per heavy atom. The molecule has 0 saturated carbocycles. The molecule has 5 atom stereocenters. The molecule has 1 saturated heterocycles. The van der Waals surface area contributed by atoms with Crippen molar-refractivity contribution in [3.63, 3.8) is 0 Å². The van der Waals surface area contributed by atoms with Gasteiger partial charge in [-0.25, -0.2) is 0 Å². The number of carbonyl (C=O) groups is 1. The molecule has 1 fully saturated rings. The van der Waals surface area contributed by atoms with Gasteiger partial charge in [0, 0.05) is 42.7 Å². The predicted molar refractivity (Wildman–Crippen MR) is 112 cm³/mol. The van der Waals surface area contributed by atoms with E-state index in [1.165, 1.54) is 0 Å². The van der Waals surface area contributed by atoms with Crippen LogP contribution in [-0.4, -0.2) is 66.3 Å². The molecule has 4 aliphatic rings. The molecule has 1 spiro atoms. The highest BCUT2D eigenvalue weighted by Crippen LogP contribution is 2.64. The van der Waals surface area contributed by atoms with E-state index in [9.17, 15) is 19.6 Å². The minimum atomic E-state index is -2.75. The number of phenolic OH excluding ortho intramolecular Hbond substituents is 1. The molecule has 2 aliphatic heterocycles. The molecule has 0 radical (unpaired) electrons. The third-order valence-electron chi connectivity index (χ3n) is 7.34. The van der Waals surface area contributed by atoms with Crippen molar-refractivity contribution in [2.24, 2.45) is 5.92 Å². The fourth-order valence-corrected chi connectivity index (χ4v) is 6.99. The number of aryl methyl sites for hydroxylation is 1. The van der Waals surface area contributed by atoms with Crippen molar-refractivity contribution in [3.8, 4) is 11.5 Å². The van der Waals surface area contributed by atoms with E-state index in [0.29, 0.717) is 12.2 Å². The maximum atomic E-state index is 12.5. The highest BCUT2D eigenvalue weighted by molar-refractivity contribution is 7.57. The van der Waals surface area contributed by atoms with E-state index in [2.05, 4.69) is 18.0 Å². The quantitative estimate of drug-likeness (QED) is 0.545. The Labute approximate surface area is 176 Å². The lowest BCUT2D eigenvalue weighted by Gasteiger charge is -2.57. The van der Waals surface area contributed by atoms with Gasteiger partial charge in [-0.15, -0.1) is 0 Å². The lowest BCUT2D eigenvalue weighted by atomic mass is 9.53. The molecule has 0 aromatic heterocycles. The van der Waals surface area contributed by atoms with Crippen LogP contribution in [-0.2, 0) is 32.1 Å². The Balaban J connectivity index is 1.69. The molecule has 2 aliphatic carbocycles. The molecular formula is C22H28NO6P. The molecule has 162 valence electrons. The Kier molecular flexibility index (Phi) is 4.41. The normalized spacial score (nSPS) is 33.8. The lowest BCUT2D eigenvalue weighted by molar-refractivity contribution is -0.136. The predicted octanol–water partition coefficient (Wildman–Crippen LogP) is 2.78. The number of ether oxygens (including phenoxy) is 1. The van der Waals surface area contributed by atoms with Crippen LogP contribution in [0.25, 0.3) is 0 Å². The lowest BCUT2D eigenvalue weighted by Crippen LogP contribution is -2.65. The largest absolute Gasteiger partial charge is 0.504 e. The van der Waals surface area contributed by atoms with Crippen molar-refractivity contribution in [1.82, 2.24) is 4.90 Å². The van der Waals surface area contributed by atoms with Gasteiger partial charge < -0.3 is 24.4 Å². The van der Waals surface area contributed by atoms with Crippen LogP contribution in [0, 0.1) is 5.92 Å². The summed E-state index contributed by atoms with van der Waals surface area (Å²) in [6.45, 7) is 4.12. The first-order valence-electron chi connectivity index (χ1n) is 10.5. The third kappa shape index (κ3) is 2.79. The topological polar surface area (TPSA) is 96.3 Å². The first kappa shape index (κ1) is 20.1. The summed E-state index contributed by atoms with van der Waals surface area (Å²) in [5.41, 5.74) is 2.68. The Morgan fingerprint density at radius 2 is 2.17 bits per heavy atom. The number of benzene rings is 1. The second kappa shape index (κ2) is 6.59. The molecule has 2 N–H and O–H groups in total. The molecule has 8 heteroatoms. The minimum absolute atomic E-state index is 0.0208. The monoisotopic (exact) mass is 433 g/mol. The number of phenols is 1. The van der Waals surface area contributed by atoms with Gasteiger partial charge >= 0.3 is 5.97 Å². The molecule has 5 rings (SSSR count). The Hall–Kier alpha value is -1.82. The van der Waals surface area contributed by atoms with Crippen LogP contribution in [0.5, 0.6) is 11.5 Å². The van der Waals surface area contributed by atoms with Gasteiger partial charge in [-0.1, -0.05) is 12.2 Å². The van der Waals surface area contributed by atoms with E-state index < -0.39 is 19.4 Å². The van der Waals surface area contributed by atoms with Crippen LogP contribution < -0.4 is 4.74 Å². The van der Waals surface area contributed by atoms with Gasteiger partial charge in [-0.3, -0.25) is 9.36 Å². The number of aromatic hydroxyl groups is 1. The van der Waals surface area contributed by atoms with Crippen LogP contribution in [0.2, 0.25) is 0 Å². The number of aliphatic carboxylic acids is 1. The van der Waals surface area contributed by atoms with Gasteiger partial charge in [-0.05, 0) is 50.0 Å². The molecular weight excluding hydrogens is 405 g/mol. The molecule has 2 bridgehead atoms. The number of rotatable bonds is 5. The van der Waals surface area contributed by atoms with Gasteiger partial charge in [0.25, 0.3) is 0 Å². The van der Waals surface area contributed by atoms with Crippen molar-refractivity contribution < 1.29 is 28.8 Å². The summed E-state index contributed by atoms with van der Waals surface area (Å²) in [5, 5.41) is 20.0. The molecule has 1 aromatic rings. The van der Waals surface area contributed by atoms with Gasteiger partial charge in [-0.2, -0.15) is 0 Å². The number of likely N-dealkylation sites (N-methyl/N-ethyl adjacent to an activating group) is 1. The molecule has 0 amide bonds. The van der Waals surface area contributed by atoms with Crippen LogP contribution in [0.15, 0.2) is 18.2 Å². The molecule has 1 unspecified atom stereocenters. The van der Waals surface area contributed by atoms with Crippen molar-refractivity contribution in [2.75, 3.05) is 26.9 Å². The molecule has 7 nitrogen and oxygen atoms in total. The number of hydrogen-bond acceptors (Lipinski definition) is 6. The smallest absolute Gasteiger partial charge is 0.303 e. The van der Waals surface area contributed by atoms with Crippen LogP contribution >= 0.6 is 7.37 Å². The Morgan fingerprint density at radius 3 is 2.87 bits per heavy atom. The van der Waals surface area contributed by atoms with E-state index in [0.717, 1.165) is 36.1 Å². The first-order chi connectivity index (χ1) is 14.1. The number of hydrogen-bond donors (Lipinski definition) is 2. The average molecular weight is 433 g/mol. The summed E-state index contributed by atoms with van der Waals surface area (Å²) in [7, 11) is -0.621. The molecule has 1 aromatic carbocycles. The summed E-state index contributed by atoms with van der Waals surface area (Å²) < 4.78 is 24.8. The van der Waals surface area contributed by atoms with Crippen LogP contribution in [0.3, 0.4) is 0 Å². The van der Waals surface area contributed by atoms with Gasteiger partial charge in [0.2, 0.25) is 0 Å². The second-order valence-electron chi connectivity index (χ2n) is 9.44. The van der Waals surface area contributed by atoms with E-state index >= 15 is 0 Å².